The first-order chi connectivity index (χ1) is 13.0. The highest BCUT2D eigenvalue weighted by atomic mass is 35.5. The Hall–Kier alpha value is -2.64. The van der Waals surface area contributed by atoms with Crippen LogP contribution in [0.15, 0.2) is 58.3 Å². The van der Waals surface area contributed by atoms with Crippen LogP contribution in [0.3, 0.4) is 0 Å². The van der Waals surface area contributed by atoms with E-state index in [1.54, 1.807) is 6.08 Å². The Balaban J connectivity index is 1.75. The van der Waals surface area contributed by atoms with Crippen LogP contribution in [0.2, 0.25) is 5.02 Å². The van der Waals surface area contributed by atoms with Crippen molar-refractivity contribution in [3.05, 3.63) is 58.9 Å². The minimum atomic E-state index is -0.439. The molecule has 0 atom stereocenters. The van der Waals surface area contributed by atoms with E-state index in [0.717, 1.165) is 16.4 Å². The number of halogens is 1. The number of fused-ring (bicyclic) bond motifs is 1. The zero-order chi connectivity index (χ0) is 19.1. The molecule has 0 spiro atoms. The lowest BCUT2D eigenvalue weighted by molar-refractivity contribution is -0.114. The molecule has 1 aromatic heterocycles. The fourth-order valence-electron chi connectivity index (χ4n) is 2.77. The largest absolute Gasteiger partial charge is 0.316 e. The second-order valence-corrected chi connectivity index (χ2v) is 7.76. The summed E-state index contributed by atoms with van der Waals surface area (Å²) in [5.74, 6) is -0.206. The normalized spacial score (nSPS) is 18.2. The average molecular weight is 398 g/mol. The van der Waals surface area contributed by atoms with E-state index < -0.39 is 5.91 Å². The second-order valence-electron chi connectivity index (χ2n) is 6.37. The number of hydrazone groups is 1. The Morgan fingerprint density at radius 3 is 2.74 bits per heavy atom. The van der Waals surface area contributed by atoms with Crippen LogP contribution in [0.25, 0.3) is 11.8 Å². The van der Waals surface area contributed by atoms with Gasteiger partial charge in [-0.1, -0.05) is 37.6 Å². The molecule has 1 amide bonds. The standard InChI is InChI=1S/C19H16ClN5OS/c1-11(2)18-23-25-16(21)13(17(26)22-19(25)27-18)10-12-6-5-9-24(12)15-8-4-3-7-14(15)20/h3-11,21H,1-2H3/b13-10-,21-16?. The molecule has 1 aromatic carbocycles. The van der Waals surface area contributed by atoms with Crippen molar-refractivity contribution in [2.75, 3.05) is 0 Å². The molecular formula is C19H16ClN5OS. The summed E-state index contributed by atoms with van der Waals surface area (Å²) in [6.45, 7) is 4.03. The zero-order valence-corrected chi connectivity index (χ0v) is 16.3. The molecule has 2 aliphatic heterocycles. The number of amidine groups is 2. The van der Waals surface area contributed by atoms with Gasteiger partial charge >= 0.3 is 0 Å². The molecule has 0 saturated heterocycles. The lowest BCUT2D eigenvalue weighted by Gasteiger charge is -2.20. The molecule has 2 aromatic rings. The van der Waals surface area contributed by atoms with E-state index in [1.165, 1.54) is 16.8 Å². The number of aromatic nitrogens is 1. The van der Waals surface area contributed by atoms with E-state index in [0.29, 0.717) is 10.2 Å². The van der Waals surface area contributed by atoms with Gasteiger partial charge in [-0.25, -0.2) is 0 Å². The smallest absolute Gasteiger partial charge is 0.283 e. The van der Waals surface area contributed by atoms with Crippen LogP contribution in [0.5, 0.6) is 0 Å². The van der Waals surface area contributed by atoms with Gasteiger partial charge in [-0.15, -0.1) is 0 Å². The predicted molar refractivity (Wildman–Crippen MR) is 111 cm³/mol. The molecule has 27 heavy (non-hydrogen) atoms. The molecule has 1 N–H and O–H groups in total. The van der Waals surface area contributed by atoms with Gasteiger partial charge in [-0.2, -0.15) is 15.1 Å². The summed E-state index contributed by atoms with van der Waals surface area (Å²) in [5.41, 5.74) is 1.72. The van der Waals surface area contributed by atoms with E-state index in [1.807, 2.05) is 61.0 Å². The fraction of sp³-hybridized carbons (Fsp3) is 0.158. The van der Waals surface area contributed by atoms with Crippen LogP contribution in [-0.4, -0.2) is 31.5 Å². The molecule has 6 nitrogen and oxygen atoms in total. The molecule has 3 heterocycles. The highest BCUT2D eigenvalue weighted by Crippen LogP contribution is 2.31. The van der Waals surface area contributed by atoms with Gasteiger partial charge in [0.05, 0.1) is 16.3 Å². The third kappa shape index (κ3) is 3.13. The Bertz CT molecular complexity index is 1050. The SMILES string of the molecule is CC(C)C1=NN2C(=N)/C(=C/c3cccn3-c3ccccc3Cl)C(=O)N=C2S1. The second kappa shape index (κ2) is 6.83. The summed E-state index contributed by atoms with van der Waals surface area (Å²) >= 11 is 7.64. The Morgan fingerprint density at radius 2 is 2.00 bits per heavy atom. The quantitative estimate of drug-likeness (QED) is 0.779. The highest BCUT2D eigenvalue weighted by molar-refractivity contribution is 8.27. The molecule has 2 aliphatic rings. The minimum absolute atomic E-state index is 0.0278. The number of nitrogens with zero attached hydrogens (tertiary/aromatic N) is 4. The Kier molecular flexibility index (Phi) is 4.49. The number of thioether (sulfide) groups is 1. The van der Waals surface area contributed by atoms with Gasteiger partial charge in [0.2, 0.25) is 5.17 Å². The third-order valence-corrected chi connectivity index (χ3v) is 5.68. The van der Waals surface area contributed by atoms with Gasteiger partial charge < -0.3 is 4.57 Å². The van der Waals surface area contributed by atoms with Gasteiger partial charge in [0.15, 0.2) is 5.84 Å². The minimum Gasteiger partial charge on any atom is -0.316 e. The van der Waals surface area contributed by atoms with E-state index in [9.17, 15) is 4.79 Å². The maximum Gasteiger partial charge on any atom is 0.283 e. The molecule has 136 valence electrons. The lowest BCUT2D eigenvalue weighted by Crippen LogP contribution is -2.35. The first-order valence-electron chi connectivity index (χ1n) is 8.38. The number of nitrogens with one attached hydrogen (secondary N) is 1. The van der Waals surface area contributed by atoms with Crippen LogP contribution >= 0.6 is 23.4 Å². The van der Waals surface area contributed by atoms with Crippen molar-refractivity contribution >= 4 is 51.4 Å². The first-order valence-corrected chi connectivity index (χ1v) is 9.57. The van der Waals surface area contributed by atoms with E-state index in [-0.39, 0.29) is 17.3 Å². The van der Waals surface area contributed by atoms with Crippen molar-refractivity contribution < 1.29 is 4.79 Å². The number of hydrogen-bond acceptors (Lipinski definition) is 4. The summed E-state index contributed by atoms with van der Waals surface area (Å²) in [7, 11) is 0. The van der Waals surface area contributed by atoms with Gasteiger partial charge in [0.25, 0.3) is 5.91 Å². The maximum atomic E-state index is 12.5. The molecule has 0 bridgehead atoms. The number of hydrogen-bond donors (Lipinski definition) is 1. The van der Waals surface area contributed by atoms with Crippen LogP contribution < -0.4 is 0 Å². The predicted octanol–water partition coefficient (Wildman–Crippen LogP) is 4.41. The Morgan fingerprint density at radius 1 is 1.22 bits per heavy atom. The lowest BCUT2D eigenvalue weighted by atomic mass is 10.1. The summed E-state index contributed by atoms with van der Waals surface area (Å²) in [5, 5.41) is 16.2. The number of aliphatic imine (C=N–C) groups is 1. The van der Waals surface area contributed by atoms with Crippen molar-refractivity contribution in [1.82, 2.24) is 9.58 Å². The van der Waals surface area contributed by atoms with Gasteiger partial charge in [-0.3, -0.25) is 10.2 Å². The number of amides is 1. The van der Waals surface area contributed by atoms with E-state index in [4.69, 9.17) is 17.0 Å². The third-order valence-electron chi connectivity index (χ3n) is 4.15. The Labute approximate surface area is 165 Å². The van der Waals surface area contributed by atoms with Crippen LogP contribution in [-0.2, 0) is 4.79 Å². The van der Waals surface area contributed by atoms with Crippen molar-refractivity contribution in [2.24, 2.45) is 16.0 Å². The van der Waals surface area contributed by atoms with Gasteiger partial charge in [-0.05, 0) is 42.1 Å². The van der Waals surface area contributed by atoms with E-state index >= 15 is 0 Å². The molecule has 4 rings (SSSR count). The van der Waals surface area contributed by atoms with Crippen molar-refractivity contribution in [3.63, 3.8) is 0 Å². The molecule has 0 saturated carbocycles. The number of para-hydroxylation sites is 1. The summed E-state index contributed by atoms with van der Waals surface area (Å²) in [6, 6.07) is 11.2. The number of carbonyl (C=O) groups excluding carboxylic acids is 1. The number of benzene rings is 1. The molecular weight excluding hydrogens is 382 g/mol. The molecule has 0 radical (unpaired) electrons. The summed E-state index contributed by atoms with van der Waals surface area (Å²) in [4.78, 5) is 16.7. The van der Waals surface area contributed by atoms with Gasteiger partial charge in [0, 0.05) is 17.8 Å². The highest BCUT2D eigenvalue weighted by Gasteiger charge is 2.36. The van der Waals surface area contributed by atoms with Crippen LogP contribution in [0, 0.1) is 11.3 Å². The molecule has 0 unspecified atom stereocenters. The maximum absolute atomic E-state index is 12.5. The zero-order valence-electron chi connectivity index (χ0n) is 14.7. The summed E-state index contributed by atoms with van der Waals surface area (Å²) in [6.07, 6.45) is 3.52. The van der Waals surface area contributed by atoms with E-state index in [2.05, 4.69) is 10.1 Å². The molecule has 0 aliphatic carbocycles. The van der Waals surface area contributed by atoms with Crippen LogP contribution in [0.1, 0.15) is 19.5 Å². The monoisotopic (exact) mass is 397 g/mol. The topological polar surface area (TPSA) is 73.8 Å². The van der Waals surface area contributed by atoms with Crippen molar-refractivity contribution in [2.45, 2.75) is 13.8 Å². The number of carbonyl (C=O) groups is 1. The summed E-state index contributed by atoms with van der Waals surface area (Å²) < 4.78 is 1.87. The first kappa shape index (κ1) is 17.8. The average Bonchev–Trinajstić information content (AvgIpc) is 3.26. The molecule has 8 heteroatoms. The van der Waals surface area contributed by atoms with Crippen molar-refractivity contribution in [3.8, 4) is 5.69 Å². The molecule has 0 fully saturated rings. The fourth-order valence-corrected chi connectivity index (χ4v) is 3.89. The number of rotatable bonds is 3. The van der Waals surface area contributed by atoms with Crippen LogP contribution in [0.4, 0.5) is 0 Å². The van der Waals surface area contributed by atoms with Crippen molar-refractivity contribution in [1.29, 1.82) is 5.41 Å². The van der Waals surface area contributed by atoms with Gasteiger partial charge in [0.1, 0.15) is 5.04 Å².